The number of unbranched alkanes of at least 4 members (excludes halogenated alkanes) is 1. The molecule has 0 amide bonds. The van der Waals surface area contributed by atoms with Crippen molar-refractivity contribution in [3.05, 3.63) is 63.6 Å². The first-order valence-electron chi connectivity index (χ1n) is 9.13. The zero-order valence-electron chi connectivity index (χ0n) is 15.3. The maximum atomic E-state index is 6.19. The first-order chi connectivity index (χ1) is 12.7. The third-order valence-corrected chi connectivity index (χ3v) is 4.57. The monoisotopic (exact) mass is 395 g/mol. The van der Waals surface area contributed by atoms with Gasteiger partial charge in [0.25, 0.3) is 0 Å². The van der Waals surface area contributed by atoms with Gasteiger partial charge in [-0.3, -0.25) is 0 Å². The first-order valence-corrected chi connectivity index (χ1v) is 9.89. The van der Waals surface area contributed by atoms with Gasteiger partial charge >= 0.3 is 0 Å². The lowest BCUT2D eigenvalue weighted by molar-refractivity contribution is 0.128. The van der Waals surface area contributed by atoms with Crippen LogP contribution in [0.4, 0.5) is 0 Å². The van der Waals surface area contributed by atoms with Gasteiger partial charge in [0.1, 0.15) is 12.4 Å². The minimum absolute atomic E-state index is 0.430. The summed E-state index contributed by atoms with van der Waals surface area (Å²) in [4.78, 5) is 0. The van der Waals surface area contributed by atoms with Crippen molar-refractivity contribution < 1.29 is 9.47 Å². The normalized spacial score (nSPS) is 10.9. The van der Waals surface area contributed by atoms with Gasteiger partial charge in [-0.25, -0.2) is 0 Å². The number of hydrogen-bond donors (Lipinski definition) is 1. The highest BCUT2D eigenvalue weighted by molar-refractivity contribution is 6.31. The second-order valence-electron chi connectivity index (χ2n) is 6.13. The number of nitrogens with one attached hydrogen (secondary N) is 1. The molecule has 2 rings (SSSR count). The van der Waals surface area contributed by atoms with Crippen molar-refractivity contribution in [2.45, 2.75) is 39.3 Å². The Morgan fingerprint density at radius 3 is 2.58 bits per heavy atom. The lowest BCUT2D eigenvalue weighted by Crippen LogP contribution is -2.17. The lowest BCUT2D eigenvalue weighted by atomic mass is 10.2. The number of rotatable bonds is 12. The van der Waals surface area contributed by atoms with Gasteiger partial charge in [0.15, 0.2) is 0 Å². The summed E-state index contributed by atoms with van der Waals surface area (Å²) in [6.45, 7) is 5.83. The molecule has 0 aliphatic heterocycles. The number of hydrogen-bond acceptors (Lipinski definition) is 3. The molecule has 0 spiro atoms. The van der Waals surface area contributed by atoms with E-state index in [4.69, 9.17) is 32.7 Å². The molecule has 0 bridgehead atoms. The topological polar surface area (TPSA) is 30.5 Å². The Bertz CT molecular complexity index is 664. The zero-order valence-corrected chi connectivity index (χ0v) is 16.8. The Kier molecular flexibility index (Phi) is 9.86. The Morgan fingerprint density at radius 1 is 0.962 bits per heavy atom. The SMILES string of the molecule is CCCCOCCCNCc1cc(Cl)ccc1OCc1ccccc1Cl. The summed E-state index contributed by atoms with van der Waals surface area (Å²) in [6, 6.07) is 13.4. The molecular weight excluding hydrogens is 369 g/mol. The standard InChI is InChI=1S/C21H27Cl2NO2/c1-2-3-12-25-13-6-11-24-15-18-14-19(22)9-10-21(18)26-16-17-7-4-5-8-20(17)23/h4-5,7-10,14,24H,2-3,6,11-13,15-16H2,1H3. The Labute approximate surface area is 166 Å². The Balaban J connectivity index is 1.80. The minimum atomic E-state index is 0.430. The summed E-state index contributed by atoms with van der Waals surface area (Å²) in [5.41, 5.74) is 2.00. The van der Waals surface area contributed by atoms with Crippen LogP contribution in [0.2, 0.25) is 10.0 Å². The van der Waals surface area contributed by atoms with Crippen LogP contribution in [0.1, 0.15) is 37.3 Å². The van der Waals surface area contributed by atoms with Crippen LogP contribution in [0.5, 0.6) is 5.75 Å². The molecule has 0 heterocycles. The smallest absolute Gasteiger partial charge is 0.124 e. The van der Waals surface area contributed by atoms with Crippen LogP contribution in [0.3, 0.4) is 0 Å². The second kappa shape index (κ2) is 12.2. The molecule has 0 saturated carbocycles. The van der Waals surface area contributed by atoms with Crippen molar-refractivity contribution >= 4 is 23.2 Å². The highest BCUT2D eigenvalue weighted by Crippen LogP contribution is 2.25. The van der Waals surface area contributed by atoms with Crippen molar-refractivity contribution in [3.8, 4) is 5.75 Å². The van der Waals surface area contributed by atoms with E-state index < -0.39 is 0 Å². The van der Waals surface area contributed by atoms with Gasteiger partial charge in [-0.15, -0.1) is 0 Å². The van der Waals surface area contributed by atoms with E-state index in [9.17, 15) is 0 Å². The fourth-order valence-electron chi connectivity index (χ4n) is 2.47. The van der Waals surface area contributed by atoms with Gasteiger partial charge in [0.2, 0.25) is 0 Å². The van der Waals surface area contributed by atoms with E-state index in [0.717, 1.165) is 49.5 Å². The largest absolute Gasteiger partial charge is 0.489 e. The molecular formula is C21H27Cl2NO2. The van der Waals surface area contributed by atoms with Crippen LogP contribution < -0.4 is 10.1 Å². The Morgan fingerprint density at radius 2 is 1.77 bits per heavy atom. The van der Waals surface area contributed by atoms with Crippen molar-refractivity contribution in [1.82, 2.24) is 5.32 Å². The molecule has 2 aromatic rings. The van der Waals surface area contributed by atoms with E-state index in [1.54, 1.807) is 0 Å². The molecule has 0 aliphatic carbocycles. The third-order valence-electron chi connectivity index (χ3n) is 3.96. The van der Waals surface area contributed by atoms with Gasteiger partial charge in [-0.2, -0.15) is 0 Å². The fraction of sp³-hybridized carbons (Fsp3) is 0.429. The number of ether oxygens (including phenoxy) is 2. The summed E-state index contributed by atoms with van der Waals surface area (Å²) in [5.74, 6) is 0.820. The van der Waals surface area contributed by atoms with Crippen LogP contribution in [0.15, 0.2) is 42.5 Å². The highest BCUT2D eigenvalue weighted by atomic mass is 35.5. The quantitative estimate of drug-likeness (QED) is 0.455. The molecule has 0 atom stereocenters. The molecule has 0 aliphatic rings. The van der Waals surface area contributed by atoms with Gasteiger partial charge in [-0.05, 0) is 43.7 Å². The summed E-state index contributed by atoms with van der Waals surface area (Å²) in [6.07, 6.45) is 3.28. The van der Waals surface area contributed by atoms with Gasteiger partial charge in [0.05, 0.1) is 0 Å². The van der Waals surface area contributed by atoms with Gasteiger partial charge in [-0.1, -0.05) is 54.7 Å². The van der Waals surface area contributed by atoms with E-state index >= 15 is 0 Å². The second-order valence-corrected chi connectivity index (χ2v) is 6.97. The summed E-state index contributed by atoms with van der Waals surface area (Å²) < 4.78 is 11.5. The average Bonchev–Trinajstić information content (AvgIpc) is 2.64. The van der Waals surface area contributed by atoms with Crippen LogP contribution in [0.25, 0.3) is 0 Å². The van der Waals surface area contributed by atoms with Gasteiger partial charge in [0, 0.05) is 40.9 Å². The molecule has 0 aromatic heterocycles. The summed E-state index contributed by atoms with van der Waals surface area (Å²) >= 11 is 12.3. The molecule has 3 nitrogen and oxygen atoms in total. The van der Waals surface area contributed by atoms with Gasteiger partial charge < -0.3 is 14.8 Å². The number of benzene rings is 2. The van der Waals surface area contributed by atoms with E-state index in [-0.39, 0.29) is 0 Å². The predicted molar refractivity (Wildman–Crippen MR) is 109 cm³/mol. The molecule has 0 fully saturated rings. The zero-order chi connectivity index (χ0) is 18.6. The molecule has 1 N–H and O–H groups in total. The minimum Gasteiger partial charge on any atom is -0.489 e. The van der Waals surface area contributed by atoms with E-state index in [1.807, 2.05) is 42.5 Å². The Hall–Kier alpha value is -1.26. The maximum Gasteiger partial charge on any atom is 0.124 e. The maximum absolute atomic E-state index is 6.19. The van der Waals surface area contributed by atoms with Crippen LogP contribution in [0, 0.1) is 0 Å². The van der Waals surface area contributed by atoms with Crippen molar-refractivity contribution in [3.63, 3.8) is 0 Å². The molecule has 26 heavy (non-hydrogen) atoms. The molecule has 0 unspecified atom stereocenters. The molecule has 0 saturated heterocycles. The first kappa shape index (κ1) is 21.0. The lowest BCUT2D eigenvalue weighted by Gasteiger charge is -2.13. The summed E-state index contributed by atoms with van der Waals surface area (Å²) in [7, 11) is 0. The fourth-order valence-corrected chi connectivity index (χ4v) is 2.85. The predicted octanol–water partition coefficient (Wildman–Crippen LogP) is 5.87. The van der Waals surface area contributed by atoms with Crippen LogP contribution in [-0.2, 0) is 17.9 Å². The summed E-state index contributed by atoms with van der Waals surface area (Å²) in [5, 5.41) is 4.84. The average molecular weight is 396 g/mol. The van der Waals surface area contributed by atoms with E-state index in [2.05, 4.69) is 12.2 Å². The molecule has 2 aromatic carbocycles. The van der Waals surface area contributed by atoms with Crippen molar-refractivity contribution in [2.75, 3.05) is 19.8 Å². The molecule has 0 radical (unpaired) electrons. The van der Waals surface area contributed by atoms with E-state index in [0.29, 0.717) is 23.2 Å². The molecule has 5 heteroatoms. The van der Waals surface area contributed by atoms with Crippen LogP contribution in [-0.4, -0.2) is 19.8 Å². The third kappa shape index (κ3) is 7.55. The van der Waals surface area contributed by atoms with Crippen LogP contribution >= 0.6 is 23.2 Å². The van der Waals surface area contributed by atoms with Crippen molar-refractivity contribution in [2.24, 2.45) is 0 Å². The highest BCUT2D eigenvalue weighted by Gasteiger charge is 2.07. The molecule has 142 valence electrons. The number of halogens is 2. The van der Waals surface area contributed by atoms with Crippen molar-refractivity contribution in [1.29, 1.82) is 0 Å². The van der Waals surface area contributed by atoms with E-state index in [1.165, 1.54) is 6.42 Å².